The number of carbonyl (C=O) groups excluding carboxylic acids is 7. The molecule has 0 aliphatic carbocycles. The first-order valence-electron chi connectivity index (χ1n) is 18.1. The van der Waals surface area contributed by atoms with Crippen molar-refractivity contribution in [1.82, 2.24) is 0 Å². The van der Waals surface area contributed by atoms with Gasteiger partial charge >= 0.3 is 41.8 Å². The number of carbonyl (C=O) groups is 7. The molecule has 0 saturated carbocycles. The third-order valence-corrected chi connectivity index (χ3v) is 8.70. The van der Waals surface area contributed by atoms with Gasteiger partial charge in [-0.3, -0.25) is 19.2 Å². The SMILES string of the molecule is CC(=O)OCC1OC(OC(C)=O)C(OC2OC(C)C(OC(=O)c3ccccc3)C(OC(=O)c3ccccc3)C2OC(=O)c2ccccc2)C(OC(C)=O)C1OC(C)=O. The van der Waals surface area contributed by atoms with E-state index >= 15 is 0 Å². The lowest BCUT2D eigenvalue weighted by Gasteiger charge is -2.48. The molecule has 0 aromatic heterocycles. The van der Waals surface area contributed by atoms with E-state index in [2.05, 4.69) is 0 Å². The van der Waals surface area contributed by atoms with E-state index < -0.39 is 110 Å². The molecule has 17 heteroatoms. The van der Waals surface area contributed by atoms with Crippen molar-refractivity contribution in [2.24, 2.45) is 0 Å². The molecule has 3 aromatic carbocycles. The zero-order valence-electron chi connectivity index (χ0n) is 32.1. The van der Waals surface area contributed by atoms with Crippen molar-refractivity contribution in [3.63, 3.8) is 0 Å². The summed E-state index contributed by atoms with van der Waals surface area (Å²) in [5.41, 5.74) is 0.297. The molecule has 2 fully saturated rings. The van der Waals surface area contributed by atoms with E-state index in [-0.39, 0.29) is 16.7 Å². The number of benzene rings is 3. The van der Waals surface area contributed by atoms with Gasteiger partial charge < -0.3 is 47.4 Å². The Bertz CT molecular complexity index is 1920. The Hall–Kier alpha value is -6.17. The Balaban J connectivity index is 1.61. The Labute approximate surface area is 332 Å². The van der Waals surface area contributed by atoms with Gasteiger partial charge in [0.1, 0.15) is 12.7 Å². The van der Waals surface area contributed by atoms with Crippen LogP contribution in [-0.4, -0.2) is 110 Å². The van der Waals surface area contributed by atoms with Gasteiger partial charge in [0.15, 0.2) is 42.9 Å². The van der Waals surface area contributed by atoms with E-state index in [1.807, 2.05) is 0 Å². The molecule has 3 aromatic rings. The molecule has 0 radical (unpaired) electrons. The quantitative estimate of drug-likeness (QED) is 0.179. The van der Waals surface area contributed by atoms with Crippen molar-refractivity contribution in [2.45, 2.75) is 96.0 Å². The molecule has 308 valence electrons. The van der Waals surface area contributed by atoms with E-state index in [9.17, 15) is 33.6 Å². The molecule has 10 atom stereocenters. The van der Waals surface area contributed by atoms with Crippen LogP contribution < -0.4 is 0 Å². The standard InChI is InChI=1S/C41H42O17/c1-22-31(55-37(46)27-15-9-6-10-16-27)33(56-38(47)28-17-11-7-12-18-28)35(57-39(48)29-19-13-8-14-20-29)40(50-22)58-36-34(52-25(4)44)32(51-24(3)43)30(21-49-23(2)42)54-41(36)53-26(5)45/h6-20,22,30-36,40-41H,21H2,1-5H3. The van der Waals surface area contributed by atoms with Crippen molar-refractivity contribution in [3.8, 4) is 0 Å². The average Bonchev–Trinajstić information content (AvgIpc) is 3.19. The summed E-state index contributed by atoms with van der Waals surface area (Å²) in [6, 6.07) is 23.5. The van der Waals surface area contributed by atoms with Crippen LogP contribution in [0.4, 0.5) is 0 Å². The van der Waals surface area contributed by atoms with Crippen LogP contribution in [-0.2, 0) is 66.5 Å². The maximum atomic E-state index is 13.8. The van der Waals surface area contributed by atoms with Gasteiger partial charge in [0.25, 0.3) is 0 Å². The summed E-state index contributed by atoms with van der Waals surface area (Å²) < 4.78 is 58.3. The van der Waals surface area contributed by atoms with Gasteiger partial charge in [0.05, 0.1) is 22.8 Å². The minimum atomic E-state index is -1.81. The van der Waals surface area contributed by atoms with Crippen LogP contribution in [0, 0.1) is 0 Å². The molecular weight excluding hydrogens is 764 g/mol. The van der Waals surface area contributed by atoms with Crippen molar-refractivity contribution in [1.29, 1.82) is 0 Å². The molecule has 0 N–H and O–H groups in total. The first kappa shape index (κ1) is 43.0. The van der Waals surface area contributed by atoms with Crippen LogP contribution in [0.1, 0.15) is 65.7 Å². The summed E-state index contributed by atoms with van der Waals surface area (Å²) in [4.78, 5) is 90.3. The number of esters is 7. The summed E-state index contributed by atoms with van der Waals surface area (Å²) in [5, 5.41) is 0. The number of hydrogen-bond acceptors (Lipinski definition) is 17. The molecule has 17 nitrogen and oxygen atoms in total. The molecule has 58 heavy (non-hydrogen) atoms. The summed E-state index contributed by atoms with van der Waals surface area (Å²) in [6.45, 7) is 5.21. The van der Waals surface area contributed by atoms with Gasteiger partial charge in [-0.2, -0.15) is 0 Å². The van der Waals surface area contributed by atoms with Crippen LogP contribution in [0.15, 0.2) is 91.0 Å². The zero-order valence-corrected chi connectivity index (χ0v) is 32.1. The first-order chi connectivity index (χ1) is 27.7. The van der Waals surface area contributed by atoms with Gasteiger partial charge in [0, 0.05) is 27.7 Å². The lowest BCUT2D eigenvalue weighted by atomic mass is 9.96. The highest BCUT2D eigenvalue weighted by atomic mass is 16.8. The molecule has 0 spiro atoms. The van der Waals surface area contributed by atoms with Crippen molar-refractivity contribution >= 4 is 41.8 Å². The molecule has 5 rings (SSSR count). The van der Waals surface area contributed by atoms with E-state index in [0.717, 1.165) is 27.7 Å². The fourth-order valence-electron chi connectivity index (χ4n) is 6.23. The van der Waals surface area contributed by atoms with Gasteiger partial charge in [-0.15, -0.1) is 0 Å². The van der Waals surface area contributed by atoms with Crippen LogP contribution >= 0.6 is 0 Å². The zero-order chi connectivity index (χ0) is 41.9. The van der Waals surface area contributed by atoms with E-state index in [4.69, 9.17) is 47.4 Å². The van der Waals surface area contributed by atoms with Crippen molar-refractivity contribution < 1.29 is 80.9 Å². The third-order valence-electron chi connectivity index (χ3n) is 8.70. The number of ether oxygens (including phenoxy) is 10. The van der Waals surface area contributed by atoms with Crippen LogP contribution in [0.2, 0.25) is 0 Å². The van der Waals surface area contributed by atoms with Gasteiger partial charge in [-0.25, -0.2) is 14.4 Å². The predicted molar refractivity (Wildman–Crippen MR) is 194 cm³/mol. The monoisotopic (exact) mass is 806 g/mol. The maximum Gasteiger partial charge on any atom is 0.338 e. The van der Waals surface area contributed by atoms with E-state index in [1.54, 1.807) is 54.6 Å². The minimum Gasteiger partial charge on any atom is -0.463 e. The van der Waals surface area contributed by atoms with Crippen molar-refractivity contribution in [2.75, 3.05) is 6.61 Å². The largest absolute Gasteiger partial charge is 0.463 e. The lowest BCUT2D eigenvalue weighted by Crippen LogP contribution is -2.66. The molecule has 0 amide bonds. The smallest absolute Gasteiger partial charge is 0.338 e. The Kier molecular flexibility index (Phi) is 14.7. The molecule has 2 aliphatic rings. The Morgan fingerprint density at radius 2 is 0.862 bits per heavy atom. The molecule has 2 heterocycles. The fourth-order valence-corrected chi connectivity index (χ4v) is 6.23. The fraction of sp³-hybridized carbons (Fsp3) is 0.390. The highest BCUT2D eigenvalue weighted by Gasteiger charge is 2.57. The van der Waals surface area contributed by atoms with Crippen molar-refractivity contribution in [3.05, 3.63) is 108 Å². The predicted octanol–water partition coefficient (Wildman–Crippen LogP) is 3.51. The molecule has 10 unspecified atom stereocenters. The summed E-state index contributed by atoms with van der Waals surface area (Å²) in [7, 11) is 0. The Morgan fingerprint density at radius 1 is 0.448 bits per heavy atom. The lowest BCUT2D eigenvalue weighted by molar-refractivity contribution is -0.358. The second-order valence-corrected chi connectivity index (χ2v) is 13.1. The second kappa shape index (κ2) is 19.8. The van der Waals surface area contributed by atoms with Gasteiger partial charge in [-0.1, -0.05) is 54.6 Å². The number of rotatable bonds is 13. The van der Waals surface area contributed by atoms with E-state index in [1.165, 1.54) is 43.3 Å². The minimum absolute atomic E-state index is 0.0608. The molecule has 2 aliphatic heterocycles. The maximum absolute atomic E-state index is 13.8. The van der Waals surface area contributed by atoms with Gasteiger partial charge in [0.2, 0.25) is 6.29 Å². The van der Waals surface area contributed by atoms with Crippen LogP contribution in [0.3, 0.4) is 0 Å². The topological polar surface area (TPSA) is 212 Å². The average molecular weight is 807 g/mol. The van der Waals surface area contributed by atoms with E-state index in [0.29, 0.717) is 0 Å². The Morgan fingerprint density at radius 3 is 1.31 bits per heavy atom. The third kappa shape index (κ3) is 11.2. The second-order valence-electron chi connectivity index (χ2n) is 13.1. The highest BCUT2D eigenvalue weighted by molar-refractivity contribution is 5.91. The van der Waals surface area contributed by atoms with Crippen LogP contribution in [0.25, 0.3) is 0 Å². The summed E-state index contributed by atoms with van der Waals surface area (Å²) >= 11 is 0. The summed E-state index contributed by atoms with van der Waals surface area (Å²) in [6.07, 6.45) is -16.0. The van der Waals surface area contributed by atoms with Gasteiger partial charge in [-0.05, 0) is 43.3 Å². The first-order valence-corrected chi connectivity index (χ1v) is 18.1. The summed E-state index contributed by atoms with van der Waals surface area (Å²) in [5.74, 6) is -6.08. The molecule has 0 bridgehead atoms. The van der Waals surface area contributed by atoms with Crippen LogP contribution in [0.5, 0.6) is 0 Å². The highest BCUT2D eigenvalue weighted by Crippen LogP contribution is 2.36. The normalized spacial score (nSPS) is 26.5. The number of hydrogen-bond donors (Lipinski definition) is 0. The molecular formula is C41H42O17. The molecule has 2 saturated heterocycles.